The van der Waals surface area contributed by atoms with Crippen molar-refractivity contribution in [1.29, 1.82) is 0 Å². The van der Waals surface area contributed by atoms with Crippen LogP contribution in [0.3, 0.4) is 0 Å². The van der Waals surface area contributed by atoms with Gasteiger partial charge in [-0.05, 0) is 40.6 Å². The van der Waals surface area contributed by atoms with Crippen LogP contribution in [0.1, 0.15) is 19.8 Å². The standard InChI is InChI=1S/C10H12BrN3S2/c1-2-3-4-14-9(12-13-10(14)15)8-5-7(11)6-16-8/h5-6H,2-4H2,1H3,(H,13,15). The highest BCUT2D eigenvalue weighted by Crippen LogP contribution is 2.28. The first-order valence-electron chi connectivity index (χ1n) is 5.12. The van der Waals surface area contributed by atoms with Gasteiger partial charge in [0, 0.05) is 16.4 Å². The molecule has 2 heterocycles. The Balaban J connectivity index is 2.37. The van der Waals surface area contributed by atoms with E-state index in [0.717, 1.165) is 34.6 Å². The zero-order valence-corrected chi connectivity index (χ0v) is 12.1. The van der Waals surface area contributed by atoms with Gasteiger partial charge in [-0.3, -0.25) is 9.67 Å². The molecule has 0 aliphatic rings. The highest BCUT2D eigenvalue weighted by Gasteiger charge is 2.10. The molecule has 0 saturated heterocycles. The van der Waals surface area contributed by atoms with Crippen LogP contribution < -0.4 is 0 Å². The molecule has 1 N–H and O–H groups in total. The van der Waals surface area contributed by atoms with Gasteiger partial charge in [0.2, 0.25) is 0 Å². The lowest BCUT2D eigenvalue weighted by Gasteiger charge is -2.03. The summed E-state index contributed by atoms with van der Waals surface area (Å²) in [6.07, 6.45) is 2.27. The van der Waals surface area contributed by atoms with Gasteiger partial charge in [0.05, 0.1) is 4.88 Å². The summed E-state index contributed by atoms with van der Waals surface area (Å²) in [7, 11) is 0. The van der Waals surface area contributed by atoms with E-state index < -0.39 is 0 Å². The molecule has 2 rings (SSSR count). The lowest BCUT2D eigenvalue weighted by atomic mass is 10.3. The Labute approximate surface area is 112 Å². The van der Waals surface area contributed by atoms with Gasteiger partial charge >= 0.3 is 0 Å². The van der Waals surface area contributed by atoms with Crippen molar-refractivity contribution in [3.63, 3.8) is 0 Å². The molecule has 0 saturated carbocycles. The van der Waals surface area contributed by atoms with Crippen molar-refractivity contribution in [1.82, 2.24) is 14.8 Å². The monoisotopic (exact) mass is 317 g/mol. The maximum Gasteiger partial charge on any atom is 0.195 e. The molecule has 0 amide bonds. The third kappa shape index (κ3) is 2.44. The van der Waals surface area contributed by atoms with Crippen LogP contribution in [-0.4, -0.2) is 14.8 Å². The second kappa shape index (κ2) is 5.25. The first kappa shape index (κ1) is 12.0. The first-order valence-corrected chi connectivity index (χ1v) is 7.20. The molecule has 0 aliphatic heterocycles. The molecule has 86 valence electrons. The molecule has 0 atom stereocenters. The van der Waals surface area contributed by atoms with Gasteiger partial charge < -0.3 is 0 Å². The highest BCUT2D eigenvalue weighted by atomic mass is 79.9. The molecule has 0 fully saturated rings. The third-order valence-electron chi connectivity index (χ3n) is 2.28. The van der Waals surface area contributed by atoms with Crippen LogP contribution in [0.4, 0.5) is 0 Å². The van der Waals surface area contributed by atoms with Gasteiger partial charge in [-0.15, -0.1) is 11.3 Å². The largest absolute Gasteiger partial charge is 0.299 e. The first-order chi connectivity index (χ1) is 7.72. The Morgan fingerprint density at radius 1 is 1.62 bits per heavy atom. The Bertz CT molecular complexity index is 526. The number of nitrogens with one attached hydrogen (secondary N) is 1. The fraction of sp³-hybridized carbons (Fsp3) is 0.400. The van der Waals surface area contributed by atoms with E-state index in [1.807, 2.05) is 0 Å². The van der Waals surface area contributed by atoms with Crippen LogP contribution in [0.15, 0.2) is 15.9 Å². The van der Waals surface area contributed by atoms with Crippen molar-refractivity contribution in [3.05, 3.63) is 20.7 Å². The number of aromatic nitrogens is 3. The predicted molar refractivity (Wildman–Crippen MR) is 73.3 cm³/mol. The fourth-order valence-electron chi connectivity index (χ4n) is 1.46. The maximum atomic E-state index is 5.23. The number of thiophene rings is 1. The molecule has 2 aromatic rings. The topological polar surface area (TPSA) is 33.6 Å². The minimum atomic E-state index is 0.702. The molecule has 3 nitrogen and oxygen atoms in total. The van der Waals surface area contributed by atoms with E-state index in [1.165, 1.54) is 0 Å². The maximum absolute atomic E-state index is 5.23. The number of unbranched alkanes of at least 4 members (excludes halogenated alkanes) is 1. The number of nitrogens with zero attached hydrogens (tertiary/aromatic N) is 2. The van der Waals surface area contributed by atoms with Crippen LogP contribution >= 0.6 is 39.5 Å². The van der Waals surface area contributed by atoms with Crippen molar-refractivity contribution in [3.8, 4) is 10.7 Å². The van der Waals surface area contributed by atoms with Gasteiger partial charge in [-0.1, -0.05) is 13.3 Å². The van der Waals surface area contributed by atoms with Gasteiger partial charge in [-0.2, -0.15) is 5.10 Å². The van der Waals surface area contributed by atoms with E-state index in [4.69, 9.17) is 12.2 Å². The molecule has 0 unspecified atom stereocenters. The smallest absolute Gasteiger partial charge is 0.195 e. The minimum Gasteiger partial charge on any atom is -0.299 e. The molecule has 6 heteroatoms. The number of aromatic amines is 1. The van der Waals surface area contributed by atoms with E-state index in [2.05, 4.69) is 49.1 Å². The van der Waals surface area contributed by atoms with Crippen LogP contribution in [-0.2, 0) is 6.54 Å². The normalized spacial score (nSPS) is 10.9. The quantitative estimate of drug-likeness (QED) is 0.856. The highest BCUT2D eigenvalue weighted by molar-refractivity contribution is 9.10. The van der Waals surface area contributed by atoms with E-state index >= 15 is 0 Å². The molecular weight excluding hydrogens is 306 g/mol. The number of rotatable bonds is 4. The molecule has 2 aromatic heterocycles. The van der Waals surface area contributed by atoms with Gasteiger partial charge in [0.15, 0.2) is 10.6 Å². The average Bonchev–Trinajstić information content (AvgIpc) is 2.82. The van der Waals surface area contributed by atoms with Crippen molar-refractivity contribution >= 4 is 39.5 Å². The summed E-state index contributed by atoms with van der Waals surface area (Å²) < 4.78 is 3.85. The van der Waals surface area contributed by atoms with E-state index in [0.29, 0.717) is 4.77 Å². The third-order valence-corrected chi connectivity index (χ3v) is 4.28. The Morgan fingerprint density at radius 3 is 3.06 bits per heavy atom. The molecule has 0 bridgehead atoms. The number of hydrogen-bond donors (Lipinski definition) is 1. The van der Waals surface area contributed by atoms with Crippen molar-refractivity contribution in [2.45, 2.75) is 26.3 Å². The minimum absolute atomic E-state index is 0.702. The Morgan fingerprint density at radius 2 is 2.44 bits per heavy atom. The van der Waals surface area contributed by atoms with Gasteiger partial charge in [0.25, 0.3) is 0 Å². The summed E-state index contributed by atoms with van der Waals surface area (Å²) >= 11 is 10.3. The van der Waals surface area contributed by atoms with Crippen molar-refractivity contribution in [2.75, 3.05) is 0 Å². The molecule has 0 radical (unpaired) electrons. The van der Waals surface area contributed by atoms with Gasteiger partial charge in [-0.25, -0.2) is 0 Å². The zero-order valence-electron chi connectivity index (χ0n) is 8.86. The van der Waals surface area contributed by atoms with E-state index in [1.54, 1.807) is 11.3 Å². The summed E-state index contributed by atoms with van der Waals surface area (Å²) in [6.45, 7) is 3.10. The number of hydrogen-bond acceptors (Lipinski definition) is 3. The van der Waals surface area contributed by atoms with Crippen molar-refractivity contribution in [2.24, 2.45) is 0 Å². The number of halogens is 1. The summed E-state index contributed by atoms with van der Waals surface area (Å²) in [5.41, 5.74) is 0. The van der Waals surface area contributed by atoms with E-state index in [9.17, 15) is 0 Å². The Hall–Kier alpha value is -0.460. The second-order valence-corrected chi connectivity index (χ2v) is 5.70. The molecule has 0 aliphatic carbocycles. The molecular formula is C10H12BrN3S2. The lowest BCUT2D eigenvalue weighted by molar-refractivity contribution is 0.629. The van der Waals surface area contributed by atoms with E-state index in [-0.39, 0.29) is 0 Å². The van der Waals surface area contributed by atoms with Crippen LogP contribution in [0, 0.1) is 4.77 Å². The molecule has 0 spiro atoms. The average molecular weight is 318 g/mol. The second-order valence-electron chi connectivity index (χ2n) is 3.49. The lowest BCUT2D eigenvalue weighted by Crippen LogP contribution is -1.99. The predicted octanol–water partition coefficient (Wildman–Crippen LogP) is 4.23. The summed E-state index contributed by atoms with van der Waals surface area (Å²) in [5.74, 6) is 0.939. The number of H-pyrrole nitrogens is 1. The fourth-order valence-corrected chi connectivity index (χ4v) is 3.11. The van der Waals surface area contributed by atoms with Crippen LogP contribution in [0.2, 0.25) is 0 Å². The molecule has 0 aromatic carbocycles. The van der Waals surface area contributed by atoms with Crippen LogP contribution in [0.25, 0.3) is 10.7 Å². The summed E-state index contributed by atoms with van der Waals surface area (Å²) in [6, 6.07) is 2.07. The summed E-state index contributed by atoms with van der Waals surface area (Å²) in [4.78, 5) is 1.13. The zero-order chi connectivity index (χ0) is 11.5. The Kier molecular flexibility index (Phi) is 3.94. The summed E-state index contributed by atoms with van der Waals surface area (Å²) in [5, 5.41) is 9.20. The van der Waals surface area contributed by atoms with Gasteiger partial charge in [0.1, 0.15) is 0 Å². The van der Waals surface area contributed by atoms with Crippen molar-refractivity contribution < 1.29 is 0 Å². The van der Waals surface area contributed by atoms with Crippen LogP contribution in [0.5, 0.6) is 0 Å². The SMILES string of the molecule is CCCCn1c(-c2cc(Br)cs2)n[nH]c1=S. The molecule has 16 heavy (non-hydrogen) atoms.